The van der Waals surface area contributed by atoms with Crippen LogP contribution in [-0.2, 0) is 9.59 Å². The van der Waals surface area contributed by atoms with Crippen LogP contribution < -0.4 is 5.32 Å². The quantitative estimate of drug-likeness (QED) is 0.610. The molecule has 34 heavy (non-hydrogen) atoms. The largest absolute Gasteiger partial charge is 0.342 e. The number of hydrogen-bond acceptors (Lipinski definition) is 3. The number of hydrogen-bond donors (Lipinski definition) is 1. The molecule has 4 rings (SSSR count). The molecule has 1 aromatic rings. The molecular weight excluding hydrogens is 445 g/mol. The summed E-state index contributed by atoms with van der Waals surface area (Å²) in [5.41, 5.74) is 0.183. The number of rotatable bonds is 7. The molecule has 2 saturated carbocycles. The van der Waals surface area contributed by atoms with Crippen LogP contribution in [0.4, 0.5) is 13.2 Å². The number of nitrogens with zero attached hydrogens (tertiary/aromatic N) is 1. The van der Waals surface area contributed by atoms with Gasteiger partial charge in [-0.25, -0.2) is 13.2 Å². The Morgan fingerprint density at radius 1 is 1.12 bits per heavy atom. The van der Waals surface area contributed by atoms with Gasteiger partial charge in [0.15, 0.2) is 5.78 Å². The Hall–Kier alpha value is -2.38. The molecule has 1 aliphatic heterocycles. The molecule has 2 amide bonds. The highest BCUT2D eigenvalue weighted by molar-refractivity contribution is 5.98. The fourth-order valence-corrected chi connectivity index (χ4v) is 5.54. The van der Waals surface area contributed by atoms with E-state index in [9.17, 15) is 23.2 Å². The van der Waals surface area contributed by atoms with Crippen LogP contribution in [0.1, 0.15) is 86.6 Å². The first-order valence-electron chi connectivity index (χ1n) is 12.5. The van der Waals surface area contributed by atoms with Gasteiger partial charge in [0.1, 0.15) is 11.7 Å². The van der Waals surface area contributed by atoms with Gasteiger partial charge in [-0.05, 0) is 43.2 Å². The summed E-state index contributed by atoms with van der Waals surface area (Å²) in [7, 11) is 0. The van der Waals surface area contributed by atoms with Gasteiger partial charge in [0, 0.05) is 31.8 Å². The summed E-state index contributed by atoms with van der Waals surface area (Å²) < 4.78 is 42.3. The second kappa shape index (κ2) is 10.1. The second-order valence-corrected chi connectivity index (χ2v) is 10.0. The number of halogens is 3. The van der Waals surface area contributed by atoms with Crippen molar-refractivity contribution in [3.63, 3.8) is 0 Å². The van der Waals surface area contributed by atoms with Gasteiger partial charge in [0.25, 0.3) is 11.8 Å². The number of likely N-dealkylation sites (tertiary alicyclic amines) is 1. The third-order valence-corrected chi connectivity index (χ3v) is 7.67. The molecule has 3 atom stereocenters. The lowest BCUT2D eigenvalue weighted by Crippen LogP contribution is -2.46. The van der Waals surface area contributed by atoms with Gasteiger partial charge in [0.2, 0.25) is 5.91 Å². The maximum absolute atomic E-state index is 15.5. The van der Waals surface area contributed by atoms with Gasteiger partial charge >= 0.3 is 0 Å². The van der Waals surface area contributed by atoms with Crippen molar-refractivity contribution in [2.24, 2.45) is 11.8 Å². The van der Waals surface area contributed by atoms with Crippen LogP contribution in [0.3, 0.4) is 0 Å². The Morgan fingerprint density at radius 2 is 1.82 bits per heavy atom. The van der Waals surface area contributed by atoms with Crippen LogP contribution in [0.15, 0.2) is 18.2 Å². The van der Waals surface area contributed by atoms with Crippen molar-refractivity contribution < 1.29 is 27.6 Å². The highest BCUT2D eigenvalue weighted by atomic mass is 19.3. The number of benzene rings is 1. The average molecular weight is 479 g/mol. The number of alkyl halides is 2. The third kappa shape index (κ3) is 5.15. The third-order valence-electron chi connectivity index (χ3n) is 7.67. The monoisotopic (exact) mass is 478 g/mol. The number of carbonyl (C=O) groups is 3. The lowest BCUT2D eigenvalue weighted by molar-refractivity contribution is -0.136. The molecule has 3 aliphatic rings. The fraction of sp³-hybridized carbons (Fsp3) is 0.654. The molecule has 1 heterocycles. The molecule has 1 unspecified atom stereocenters. The van der Waals surface area contributed by atoms with Gasteiger partial charge in [-0.1, -0.05) is 38.3 Å². The molecule has 8 heteroatoms. The number of ketones is 1. The van der Waals surface area contributed by atoms with Crippen molar-refractivity contribution in [2.75, 3.05) is 13.1 Å². The molecule has 0 bridgehead atoms. The van der Waals surface area contributed by atoms with E-state index in [0.717, 1.165) is 32.1 Å². The summed E-state index contributed by atoms with van der Waals surface area (Å²) in [5.74, 6) is -6.40. The van der Waals surface area contributed by atoms with Gasteiger partial charge in [-0.15, -0.1) is 0 Å². The topological polar surface area (TPSA) is 66.5 Å². The highest BCUT2D eigenvalue weighted by Gasteiger charge is 2.62. The molecule has 0 aromatic heterocycles. The summed E-state index contributed by atoms with van der Waals surface area (Å²) in [6.45, 7) is 2.30. The Balaban J connectivity index is 1.49. The Morgan fingerprint density at radius 3 is 2.47 bits per heavy atom. The van der Waals surface area contributed by atoms with E-state index >= 15 is 4.39 Å². The van der Waals surface area contributed by atoms with Crippen LogP contribution in [0, 0.1) is 17.7 Å². The van der Waals surface area contributed by atoms with Crippen LogP contribution in [0.5, 0.6) is 0 Å². The van der Waals surface area contributed by atoms with E-state index in [1.165, 1.54) is 11.0 Å². The minimum Gasteiger partial charge on any atom is -0.342 e. The van der Waals surface area contributed by atoms with Crippen molar-refractivity contribution in [3.05, 3.63) is 35.1 Å². The molecule has 1 N–H and O–H groups in total. The number of amides is 2. The Bertz CT molecular complexity index is 945. The predicted molar refractivity (Wildman–Crippen MR) is 121 cm³/mol. The van der Waals surface area contributed by atoms with Crippen molar-refractivity contribution in [2.45, 2.75) is 82.6 Å². The van der Waals surface area contributed by atoms with E-state index in [1.807, 2.05) is 0 Å². The van der Waals surface area contributed by atoms with Gasteiger partial charge in [-0.2, -0.15) is 0 Å². The van der Waals surface area contributed by atoms with Gasteiger partial charge < -0.3 is 10.2 Å². The van der Waals surface area contributed by atoms with Crippen LogP contribution in [0.25, 0.3) is 0 Å². The van der Waals surface area contributed by atoms with Gasteiger partial charge in [0.05, 0.1) is 11.6 Å². The number of piperidine rings is 1. The first-order valence-corrected chi connectivity index (χ1v) is 12.5. The van der Waals surface area contributed by atoms with E-state index in [4.69, 9.17) is 0 Å². The summed E-state index contributed by atoms with van der Waals surface area (Å²) in [6, 6.07) is 3.97. The van der Waals surface area contributed by atoms with E-state index < -0.39 is 41.9 Å². The predicted octanol–water partition coefficient (Wildman–Crippen LogP) is 4.84. The zero-order chi connectivity index (χ0) is 24.5. The average Bonchev–Trinajstić information content (AvgIpc) is 3.50. The molecule has 0 radical (unpaired) electrons. The molecule has 186 valence electrons. The first-order chi connectivity index (χ1) is 16.2. The summed E-state index contributed by atoms with van der Waals surface area (Å²) in [6.07, 6.45) is 5.95. The van der Waals surface area contributed by atoms with E-state index in [-0.39, 0.29) is 29.7 Å². The zero-order valence-electron chi connectivity index (χ0n) is 19.6. The number of carbonyl (C=O) groups excluding carboxylic acids is 3. The molecule has 3 fully saturated rings. The minimum absolute atomic E-state index is 0.0462. The first kappa shape index (κ1) is 24.7. The Labute approximate surface area is 198 Å². The number of Topliss-reactive ketones (excluding diaryl/α,β-unsaturated/α-hetero) is 1. The van der Waals surface area contributed by atoms with E-state index in [0.29, 0.717) is 31.4 Å². The highest BCUT2D eigenvalue weighted by Crippen LogP contribution is 2.50. The van der Waals surface area contributed by atoms with E-state index in [2.05, 4.69) is 5.32 Å². The minimum atomic E-state index is -2.93. The van der Waals surface area contributed by atoms with Crippen molar-refractivity contribution in [1.29, 1.82) is 0 Å². The maximum atomic E-state index is 15.5. The summed E-state index contributed by atoms with van der Waals surface area (Å²) in [4.78, 5) is 39.5. The number of nitrogens with one attached hydrogen (secondary N) is 1. The SMILES string of the molecule is CCC(=O)[C@H](NC(=O)c1cccc(C2CCCN(C(=O)[C@@H]3CC3(F)F)C2)c1F)C1CCCCC1. The van der Waals surface area contributed by atoms with Crippen LogP contribution in [-0.4, -0.2) is 47.6 Å². The van der Waals surface area contributed by atoms with Crippen LogP contribution in [0.2, 0.25) is 0 Å². The Kier molecular flexibility index (Phi) is 7.33. The molecule has 1 saturated heterocycles. The molecule has 0 spiro atoms. The fourth-order valence-electron chi connectivity index (χ4n) is 5.54. The standard InChI is InChI=1S/C26H33F3N2O3/c1-2-21(32)23(16-8-4-3-5-9-16)30-24(33)19-12-6-11-18(22(19)27)17-10-7-13-31(15-17)25(34)20-14-26(20,28)29/h6,11-12,16-17,20,23H,2-5,7-10,13-15H2,1H3,(H,30,33)/t17?,20-,23+/m0/s1. The lowest BCUT2D eigenvalue weighted by atomic mass is 9.81. The summed E-state index contributed by atoms with van der Waals surface area (Å²) in [5, 5.41) is 2.81. The smallest absolute Gasteiger partial charge is 0.260 e. The molecule has 5 nitrogen and oxygen atoms in total. The zero-order valence-corrected chi connectivity index (χ0v) is 19.6. The summed E-state index contributed by atoms with van der Waals surface area (Å²) >= 11 is 0. The van der Waals surface area contributed by atoms with Crippen molar-refractivity contribution >= 4 is 17.6 Å². The molecule has 1 aromatic carbocycles. The van der Waals surface area contributed by atoms with Gasteiger partial charge in [-0.3, -0.25) is 14.4 Å². The maximum Gasteiger partial charge on any atom is 0.260 e. The van der Waals surface area contributed by atoms with Crippen molar-refractivity contribution in [1.82, 2.24) is 10.2 Å². The van der Waals surface area contributed by atoms with Crippen molar-refractivity contribution in [3.8, 4) is 0 Å². The molecule has 2 aliphatic carbocycles. The lowest BCUT2D eigenvalue weighted by Gasteiger charge is -2.33. The molecular formula is C26H33F3N2O3. The van der Waals surface area contributed by atoms with Crippen LogP contribution >= 0.6 is 0 Å². The normalized spacial score (nSPS) is 25.5. The second-order valence-electron chi connectivity index (χ2n) is 10.0. The van der Waals surface area contributed by atoms with E-state index in [1.54, 1.807) is 19.1 Å².